The minimum absolute atomic E-state index is 0.130. The number of ether oxygens (including phenoxy) is 1. The molecule has 0 N–H and O–H groups in total. The van der Waals surface area contributed by atoms with Crippen LogP contribution < -0.4 is 0 Å². The molecule has 0 bridgehead atoms. The van der Waals surface area contributed by atoms with E-state index in [0.29, 0.717) is 0 Å². The number of carbonyl (C=O) groups excluding carboxylic acids is 1. The third-order valence-corrected chi connectivity index (χ3v) is 5.01. The van der Waals surface area contributed by atoms with Gasteiger partial charge in [0.15, 0.2) is 6.29 Å². The summed E-state index contributed by atoms with van der Waals surface area (Å²) in [6, 6.07) is 10.6. The minimum Gasteiger partial charge on any atom is -0.360 e. The molecule has 4 heteroatoms. The van der Waals surface area contributed by atoms with E-state index in [1.807, 2.05) is 27.7 Å². The topological polar surface area (TPSA) is 44.1 Å². The van der Waals surface area contributed by atoms with Crippen molar-refractivity contribution in [3.8, 4) is 11.1 Å². The van der Waals surface area contributed by atoms with Gasteiger partial charge in [-0.15, -0.1) is 0 Å². The van der Waals surface area contributed by atoms with Crippen LogP contribution in [0.25, 0.3) is 22.2 Å². The molecule has 30 heavy (non-hydrogen) atoms. The molecule has 1 unspecified atom stereocenters. The van der Waals surface area contributed by atoms with Crippen molar-refractivity contribution < 1.29 is 9.53 Å². The van der Waals surface area contributed by atoms with Crippen LogP contribution >= 0.6 is 0 Å². The first-order valence-corrected chi connectivity index (χ1v) is 10.6. The molecular weight excluding hydrogens is 372 g/mol. The quantitative estimate of drug-likeness (QED) is 0.459. The fourth-order valence-electron chi connectivity index (χ4n) is 3.88. The van der Waals surface area contributed by atoms with Crippen LogP contribution in [0.1, 0.15) is 64.5 Å². The molecule has 0 aliphatic heterocycles. The summed E-state index contributed by atoms with van der Waals surface area (Å²) in [4.78, 5) is 17.1. The summed E-state index contributed by atoms with van der Waals surface area (Å²) in [7, 11) is 0. The summed E-state index contributed by atoms with van der Waals surface area (Å²) in [6.45, 7) is 17.5. The Hall–Kier alpha value is -2.46. The first-order chi connectivity index (χ1) is 13.9. The van der Waals surface area contributed by atoms with E-state index in [1.165, 1.54) is 5.56 Å². The van der Waals surface area contributed by atoms with Gasteiger partial charge in [0, 0.05) is 34.9 Å². The molecule has 1 aromatic carbocycles. The van der Waals surface area contributed by atoms with Gasteiger partial charge in [0.1, 0.15) is 11.8 Å². The summed E-state index contributed by atoms with van der Waals surface area (Å²) >= 11 is 0. The zero-order valence-corrected chi connectivity index (χ0v) is 19.5. The van der Waals surface area contributed by atoms with Gasteiger partial charge in [-0.25, -0.2) is 4.98 Å². The number of nitrogens with zero attached hydrogens (tertiary/aromatic N) is 2. The van der Waals surface area contributed by atoms with Crippen LogP contribution in [0.2, 0.25) is 0 Å². The van der Waals surface area contributed by atoms with Gasteiger partial charge >= 0.3 is 0 Å². The molecule has 0 aliphatic rings. The number of pyridine rings is 1. The maximum atomic E-state index is 12.1. The predicted octanol–water partition coefficient (Wildman–Crippen LogP) is 6.42. The third-order valence-electron chi connectivity index (χ3n) is 5.01. The van der Waals surface area contributed by atoms with Crippen molar-refractivity contribution in [2.24, 2.45) is 5.41 Å². The molecule has 160 valence electrons. The van der Waals surface area contributed by atoms with Crippen LogP contribution in [0.4, 0.5) is 0 Å². The first-order valence-electron chi connectivity index (χ1n) is 10.6. The highest BCUT2D eigenvalue weighted by Crippen LogP contribution is 2.39. The van der Waals surface area contributed by atoms with E-state index in [0.717, 1.165) is 46.2 Å². The summed E-state index contributed by atoms with van der Waals surface area (Å²) in [5, 5.41) is 1.05. The summed E-state index contributed by atoms with van der Waals surface area (Å²) in [5.41, 5.74) is 5.61. The molecule has 3 rings (SSSR count). The van der Waals surface area contributed by atoms with Crippen LogP contribution in [0.15, 0.2) is 36.5 Å². The second-order valence-corrected chi connectivity index (χ2v) is 10.4. The standard InChI is InChI=1S/C26H34N2O2/c1-17-9-11-19(12-10-17)23-20-13-14-28(16-25(3,4)5)24(20)27-18(2)22(23)21(15-29)30-26(6,7)8/h9-15,21H,16H2,1-8H3. The highest BCUT2D eigenvalue weighted by atomic mass is 16.5. The van der Waals surface area contributed by atoms with Gasteiger partial charge in [-0.05, 0) is 51.7 Å². The van der Waals surface area contributed by atoms with Crippen LogP contribution in [-0.4, -0.2) is 21.4 Å². The number of hydrogen-bond donors (Lipinski definition) is 0. The van der Waals surface area contributed by atoms with Gasteiger partial charge in [0.05, 0.1) is 5.60 Å². The van der Waals surface area contributed by atoms with Crippen molar-refractivity contribution in [3.05, 3.63) is 53.3 Å². The molecule has 0 amide bonds. The lowest BCUT2D eigenvalue weighted by atomic mass is 9.92. The number of benzene rings is 1. The Balaban J connectivity index is 2.32. The van der Waals surface area contributed by atoms with E-state index in [2.05, 4.69) is 68.8 Å². The van der Waals surface area contributed by atoms with E-state index < -0.39 is 11.7 Å². The number of hydrogen-bond acceptors (Lipinski definition) is 3. The monoisotopic (exact) mass is 406 g/mol. The molecule has 2 aromatic heterocycles. The smallest absolute Gasteiger partial charge is 0.153 e. The first kappa shape index (κ1) is 22.2. The molecule has 0 spiro atoms. The Bertz CT molecular complexity index is 1050. The van der Waals surface area contributed by atoms with Gasteiger partial charge in [0.2, 0.25) is 0 Å². The molecule has 0 radical (unpaired) electrons. The summed E-state index contributed by atoms with van der Waals surface area (Å²) in [6.07, 6.45) is 2.32. The molecule has 2 heterocycles. The van der Waals surface area contributed by atoms with E-state index in [9.17, 15) is 4.79 Å². The third kappa shape index (κ3) is 4.81. The lowest BCUT2D eigenvalue weighted by Crippen LogP contribution is -2.24. The average Bonchev–Trinajstić information content (AvgIpc) is 2.99. The zero-order chi connectivity index (χ0) is 22.3. The summed E-state index contributed by atoms with van der Waals surface area (Å²) < 4.78 is 8.37. The Labute approximate surface area is 180 Å². The Morgan fingerprint density at radius 3 is 2.20 bits per heavy atom. The van der Waals surface area contributed by atoms with Crippen LogP contribution in [0, 0.1) is 19.3 Å². The van der Waals surface area contributed by atoms with Crippen LogP contribution in [0.3, 0.4) is 0 Å². The normalized spacial score (nSPS) is 13.6. The zero-order valence-electron chi connectivity index (χ0n) is 19.5. The molecule has 0 saturated carbocycles. The molecule has 0 fully saturated rings. The Kier molecular flexibility index (Phi) is 5.92. The van der Waals surface area contributed by atoms with Crippen molar-refractivity contribution in [3.63, 3.8) is 0 Å². The van der Waals surface area contributed by atoms with Crippen LogP contribution in [-0.2, 0) is 16.1 Å². The second kappa shape index (κ2) is 7.99. The number of aromatic nitrogens is 2. The SMILES string of the molecule is Cc1ccc(-c2c(C(C=O)OC(C)(C)C)c(C)nc3c2ccn3CC(C)(C)C)cc1. The number of aryl methyl sites for hydroxylation is 2. The molecule has 1 atom stereocenters. The Morgan fingerprint density at radius 2 is 1.67 bits per heavy atom. The predicted molar refractivity (Wildman–Crippen MR) is 124 cm³/mol. The van der Waals surface area contributed by atoms with E-state index in [1.54, 1.807) is 0 Å². The van der Waals surface area contributed by atoms with Gasteiger partial charge in [-0.2, -0.15) is 0 Å². The minimum atomic E-state index is -0.677. The average molecular weight is 407 g/mol. The van der Waals surface area contributed by atoms with E-state index in [4.69, 9.17) is 9.72 Å². The maximum Gasteiger partial charge on any atom is 0.153 e. The molecule has 4 nitrogen and oxygen atoms in total. The van der Waals surface area contributed by atoms with Gasteiger partial charge in [0.25, 0.3) is 0 Å². The van der Waals surface area contributed by atoms with E-state index in [-0.39, 0.29) is 5.41 Å². The number of fused-ring (bicyclic) bond motifs is 1. The molecule has 0 saturated heterocycles. The van der Waals surface area contributed by atoms with Gasteiger partial charge < -0.3 is 14.1 Å². The Morgan fingerprint density at radius 1 is 1.03 bits per heavy atom. The van der Waals surface area contributed by atoms with Crippen molar-refractivity contribution >= 4 is 17.3 Å². The second-order valence-electron chi connectivity index (χ2n) is 10.4. The fourth-order valence-corrected chi connectivity index (χ4v) is 3.88. The maximum absolute atomic E-state index is 12.1. The van der Waals surface area contributed by atoms with Crippen molar-refractivity contribution in [2.45, 2.75) is 73.6 Å². The number of rotatable bonds is 5. The number of aldehydes is 1. The lowest BCUT2D eigenvalue weighted by molar-refractivity contribution is -0.128. The molecule has 0 aliphatic carbocycles. The molecule has 3 aromatic rings. The van der Waals surface area contributed by atoms with Crippen molar-refractivity contribution in [2.75, 3.05) is 0 Å². The fraction of sp³-hybridized carbons (Fsp3) is 0.462. The largest absolute Gasteiger partial charge is 0.360 e. The summed E-state index contributed by atoms with van der Waals surface area (Å²) in [5.74, 6) is 0. The van der Waals surface area contributed by atoms with Gasteiger partial charge in [-0.1, -0.05) is 50.6 Å². The van der Waals surface area contributed by atoms with E-state index >= 15 is 0 Å². The van der Waals surface area contributed by atoms with Gasteiger partial charge in [-0.3, -0.25) is 0 Å². The van der Waals surface area contributed by atoms with Crippen molar-refractivity contribution in [1.29, 1.82) is 0 Å². The van der Waals surface area contributed by atoms with Crippen molar-refractivity contribution in [1.82, 2.24) is 9.55 Å². The highest BCUT2D eigenvalue weighted by Gasteiger charge is 2.28. The van der Waals surface area contributed by atoms with Crippen LogP contribution in [0.5, 0.6) is 0 Å². The molecular formula is C26H34N2O2. The highest BCUT2D eigenvalue weighted by molar-refractivity contribution is 5.97. The number of carbonyl (C=O) groups is 1. The lowest BCUT2D eigenvalue weighted by Gasteiger charge is -2.27.